The van der Waals surface area contributed by atoms with Crippen LogP contribution in [-0.2, 0) is 11.3 Å². The van der Waals surface area contributed by atoms with Gasteiger partial charge in [0.1, 0.15) is 5.75 Å². The minimum absolute atomic E-state index is 0.150. The van der Waals surface area contributed by atoms with Crippen LogP contribution in [0.15, 0.2) is 36.5 Å². The van der Waals surface area contributed by atoms with Crippen LogP contribution in [0.3, 0.4) is 0 Å². The fraction of sp³-hybridized carbons (Fsp3) is 0.353. The van der Waals surface area contributed by atoms with Crippen LogP contribution in [-0.4, -0.2) is 40.3 Å². The average molecular weight is 328 g/mol. The lowest BCUT2D eigenvalue weighted by molar-refractivity contribution is -0.139. The number of rotatable bonds is 4. The summed E-state index contributed by atoms with van der Waals surface area (Å²) >= 11 is 0. The van der Waals surface area contributed by atoms with Crippen LogP contribution < -0.4 is 10.1 Å². The van der Waals surface area contributed by atoms with E-state index in [4.69, 9.17) is 4.74 Å². The van der Waals surface area contributed by atoms with Gasteiger partial charge in [0.05, 0.1) is 30.5 Å². The van der Waals surface area contributed by atoms with E-state index in [0.717, 1.165) is 11.4 Å². The van der Waals surface area contributed by atoms with Gasteiger partial charge in [-0.1, -0.05) is 0 Å². The Balaban J connectivity index is 1.78. The minimum Gasteiger partial charge on any atom is -0.497 e. The number of benzene rings is 1. The van der Waals surface area contributed by atoms with Crippen LogP contribution in [0.2, 0.25) is 0 Å². The monoisotopic (exact) mass is 328 g/mol. The Kier molecular flexibility index (Phi) is 4.01. The van der Waals surface area contributed by atoms with Gasteiger partial charge >= 0.3 is 6.03 Å². The SMILES string of the molecule is COc1ccc(-n2ccc(CN3C(=O)NCC(C)(C)C3=O)n2)cc1. The first kappa shape index (κ1) is 16.0. The molecule has 7 nitrogen and oxygen atoms in total. The van der Waals surface area contributed by atoms with Crippen molar-refractivity contribution in [1.82, 2.24) is 20.0 Å². The molecule has 2 heterocycles. The predicted molar refractivity (Wildman–Crippen MR) is 87.8 cm³/mol. The van der Waals surface area contributed by atoms with E-state index in [0.29, 0.717) is 12.2 Å². The second kappa shape index (κ2) is 5.99. The molecular formula is C17H20N4O3. The summed E-state index contributed by atoms with van der Waals surface area (Å²) < 4.78 is 6.84. The van der Waals surface area contributed by atoms with Gasteiger partial charge in [-0.25, -0.2) is 9.48 Å². The highest BCUT2D eigenvalue weighted by Gasteiger charge is 2.40. The van der Waals surface area contributed by atoms with Crippen molar-refractivity contribution in [2.24, 2.45) is 5.41 Å². The molecule has 2 aromatic rings. The fourth-order valence-electron chi connectivity index (χ4n) is 2.56. The van der Waals surface area contributed by atoms with Gasteiger partial charge in [-0.2, -0.15) is 5.10 Å². The van der Waals surface area contributed by atoms with Crippen molar-refractivity contribution in [2.75, 3.05) is 13.7 Å². The Morgan fingerprint density at radius 1 is 1.21 bits per heavy atom. The van der Waals surface area contributed by atoms with Gasteiger partial charge in [0, 0.05) is 12.7 Å². The Labute approximate surface area is 140 Å². The number of methoxy groups -OCH3 is 1. The molecule has 0 radical (unpaired) electrons. The molecule has 3 amide bonds. The molecule has 1 aliphatic rings. The average Bonchev–Trinajstić information content (AvgIpc) is 3.04. The highest BCUT2D eigenvalue weighted by atomic mass is 16.5. The second-order valence-electron chi connectivity index (χ2n) is 6.38. The largest absolute Gasteiger partial charge is 0.497 e. The molecule has 7 heteroatoms. The summed E-state index contributed by atoms with van der Waals surface area (Å²) in [6.07, 6.45) is 1.80. The van der Waals surface area contributed by atoms with E-state index in [1.54, 1.807) is 24.1 Å². The summed E-state index contributed by atoms with van der Waals surface area (Å²) in [6, 6.07) is 8.89. The number of aromatic nitrogens is 2. The molecule has 0 spiro atoms. The molecule has 126 valence electrons. The molecule has 1 aliphatic heterocycles. The summed E-state index contributed by atoms with van der Waals surface area (Å²) in [5.41, 5.74) is 0.913. The Hall–Kier alpha value is -2.83. The van der Waals surface area contributed by atoms with E-state index in [1.807, 2.05) is 38.1 Å². The lowest BCUT2D eigenvalue weighted by Crippen LogP contribution is -2.58. The first-order chi connectivity index (χ1) is 11.4. The maximum atomic E-state index is 12.4. The number of amides is 3. The smallest absolute Gasteiger partial charge is 0.324 e. The van der Waals surface area contributed by atoms with E-state index in [2.05, 4.69) is 10.4 Å². The molecule has 1 fully saturated rings. The normalized spacial score (nSPS) is 16.9. The molecule has 0 atom stereocenters. The topological polar surface area (TPSA) is 76.5 Å². The van der Waals surface area contributed by atoms with E-state index in [-0.39, 0.29) is 18.5 Å². The second-order valence-corrected chi connectivity index (χ2v) is 6.38. The molecule has 0 unspecified atom stereocenters. The number of carbonyl (C=O) groups is 2. The summed E-state index contributed by atoms with van der Waals surface area (Å²) in [4.78, 5) is 25.6. The van der Waals surface area contributed by atoms with Crippen molar-refractivity contribution in [2.45, 2.75) is 20.4 Å². The van der Waals surface area contributed by atoms with Gasteiger partial charge in [0.2, 0.25) is 5.91 Å². The zero-order valence-electron chi connectivity index (χ0n) is 13.9. The van der Waals surface area contributed by atoms with E-state index < -0.39 is 5.41 Å². The number of hydrogen-bond donors (Lipinski definition) is 1. The van der Waals surface area contributed by atoms with Crippen molar-refractivity contribution in [1.29, 1.82) is 0 Å². The van der Waals surface area contributed by atoms with Crippen molar-refractivity contribution in [3.8, 4) is 11.4 Å². The zero-order chi connectivity index (χ0) is 17.3. The molecular weight excluding hydrogens is 308 g/mol. The quantitative estimate of drug-likeness (QED) is 0.931. The number of carbonyl (C=O) groups excluding carboxylic acids is 2. The first-order valence-electron chi connectivity index (χ1n) is 7.69. The van der Waals surface area contributed by atoms with E-state index in [9.17, 15) is 9.59 Å². The van der Waals surface area contributed by atoms with Gasteiger partial charge in [-0.3, -0.25) is 9.69 Å². The zero-order valence-corrected chi connectivity index (χ0v) is 13.9. The number of nitrogens with zero attached hydrogens (tertiary/aromatic N) is 3. The number of hydrogen-bond acceptors (Lipinski definition) is 4. The van der Waals surface area contributed by atoms with Crippen LogP contribution in [0, 0.1) is 5.41 Å². The first-order valence-corrected chi connectivity index (χ1v) is 7.69. The molecule has 24 heavy (non-hydrogen) atoms. The number of nitrogens with one attached hydrogen (secondary N) is 1. The predicted octanol–water partition coefficient (Wildman–Crippen LogP) is 1.96. The van der Waals surface area contributed by atoms with Crippen molar-refractivity contribution >= 4 is 11.9 Å². The lowest BCUT2D eigenvalue weighted by atomic mass is 9.90. The van der Waals surface area contributed by atoms with Crippen LogP contribution in [0.25, 0.3) is 5.69 Å². The fourth-order valence-corrected chi connectivity index (χ4v) is 2.56. The molecule has 1 saturated heterocycles. The molecule has 0 bridgehead atoms. The minimum atomic E-state index is -0.605. The number of imide groups is 1. The van der Waals surface area contributed by atoms with Crippen LogP contribution in [0.1, 0.15) is 19.5 Å². The number of urea groups is 1. The number of ether oxygens (including phenoxy) is 1. The third-order valence-electron chi connectivity index (χ3n) is 4.05. The molecule has 0 aliphatic carbocycles. The lowest BCUT2D eigenvalue weighted by Gasteiger charge is -2.35. The third kappa shape index (κ3) is 2.97. The Morgan fingerprint density at radius 3 is 2.58 bits per heavy atom. The molecule has 3 rings (SSSR count). The van der Waals surface area contributed by atoms with Gasteiger partial charge in [-0.15, -0.1) is 0 Å². The van der Waals surface area contributed by atoms with E-state index >= 15 is 0 Å². The van der Waals surface area contributed by atoms with E-state index in [1.165, 1.54) is 4.90 Å². The molecule has 1 aromatic carbocycles. The van der Waals surface area contributed by atoms with Crippen LogP contribution in [0.5, 0.6) is 5.75 Å². The van der Waals surface area contributed by atoms with Gasteiger partial charge in [0.15, 0.2) is 0 Å². The summed E-state index contributed by atoms with van der Waals surface area (Å²) in [5.74, 6) is 0.578. The van der Waals surface area contributed by atoms with Crippen molar-refractivity contribution in [3.63, 3.8) is 0 Å². The summed E-state index contributed by atoms with van der Waals surface area (Å²) in [6.45, 7) is 4.13. The van der Waals surface area contributed by atoms with Crippen molar-refractivity contribution < 1.29 is 14.3 Å². The molecule has 1 aromatic heterocycles. The van der Waals surface area contributed by atoms with Gasteiger partial charge in [0.25, 0.3) is 0 Å². The maximum Gasteiger partial charge on any atom is 0.324 e. The molecule has 1 N–H and O–H groups in total. The Bertz CT molecular complexity index is 764. The van der Waals surface area contributed by atoms with Gasteiger partial charge in [-0.05, 0) is 44.2 Å². The highest BCUT2D eigenvalue weighted by Crippen LogP contribution is 2.23. The van der Waals surface area contributed by atoms with Crippen LogP contribution in [0.4, 0.5) is 4.79 Å². The third-order valence-corrected chi connectivity index (χ3v) is 4.05. The highest BCUT2D eigenvalue weighted by molar-refractivity contribution is 5.99. The Morgan fingerprint density at radius 2 is 1.92 bits per heavy atom. The van der Waals surface area contributed by atoms with Crippen LogP contribution >= 0.6 is 0 Å². The maximum absolute atomic E-state index is 12.4. The molecule has 0 saturated carbocycles. The van der Waals surface area contributed by atoms with Gasteiger partial charge < -0.3 is 10.1 Å². The standard InChI is InChI=1S/C17H20N4O3/c1-17(2)11-18-16(23)20(15(17)22)10-12-8-9-21(19-12)13-4-6-14(24-3)7-5-13/h4-9H,10-11H2,1-3H3,(H,18,23). The summed E-state index contributed by atoms with van der Waals surface area (Å²) in [7, 11) is 1.61. The summed E-state index contributed by atoms with van der Waals surface area (Å²) in [5, 5.41) is 7.19. The van der Waals surface area contributed by atoms with Crippen molar-refractivity contribution in [3.05, 3.63) is 42.2 Å².